The minimum absolute atomic E-state index is 0.0131. The zero-order chi connectivity index (χ0) is 15.2. The van der Waals surface area contributed by atoms with E-state index in [0.29, 0.717) is 17.4 Å². The molecule has 0 heterocycles. The molecule has 0 bridgehead atoms. The van der Waals surface area contributed by atoms with Gasteiger partial charge in [0.1, 0.15) is 5.75 Å². The monoisotopic (exact) mass is 290 g/mol. The Morgan fingerprint density at radius 1 is 1.19 bits per heavy atom. The number of amides is 2. The molecule has 2 rings (SSSR count). The number of primary amides is 1. The predicted octanol–water partition coefficient (Wildman–Crippen LogP) is 1.96. The molecule has 1 aromatic rings. The number of nitrogens with zero attached hydrogens (tertiary/aromatic N) is 1. The highest BCUT2D eigenvalue weighted by Crippen LogP contribution is 2.21. The first kappa shape index (κ1) is 15.4. The molecular formula is C16H22N2O3. The van der Waals surface area contributed by atoms with E-state index in [1.54, 1.807) is 29.2 Å². The Bertz CT molecular complexity index is 493. The van der Waals surface area contributed by atoms with Crippen LogP contribution >= 0.6 is 0 Å². The quantitative estimate of drug-likeness (QED) is 0.901. The van der Waals surface area contributed by atoms with Crippen LogP contribution in [0.3, 0.4) is 0 Å². The third kappa shape index (κ3) is 4.21. The zero-order valence-electron chi connectivity index (χ0n) is 12.4. The topological polar surface area (TPSA) is 72.6 Å². The van der Waals surface area contributed by atoms with E-state index in [0.717, 1.165) is 12.8 Å². The summed E-state index contributed by atoms with van der Waals surface area (Å²) in [7, 11) is 1.85. The van der Waals surface area contributed by atoms with Crippen LogP contribution in [-0.4, -0.2) is 36.4 Å². The van der Waals surface area contributed by atoms with Crippen LogP contribution in [-0.2, 0) is 4.79 Å². The van der Waals surface area contributed by atoms with Gasteiger partial charge >= 0.3 is 0 Å². The van der Waals surface area contributed by atoms with Crippen molar-refractivity contribution in [2.24, 2.45) is 5.73 Å². The number of rotatable bonds is 5. The Morgan fingerprint density at radius 2 is 1.81 bits per heavy atom. The summed E-state index contributed by atoms with van der Waals surface area (Å²) >= 11 is 0. The van der Waals surface area contributed by atoms with E-state index in [1.165, 1.54) is 19.3 Å². The summed E-state index contributed by atoms with van der Waals surface area (Å²) in [6.45, 7) is 0.0168. The van der Waals surface area contributed by atoms with Gasteiger partial charge in [0, 0.05) is 18.7 Å². The predicted molar refractivity (Wildman–Crippen MR) is 80.1 cm³/mol. The molecule has 21 heavy (non-hydrogen) atoms. The van der Waals surface area contributed by atoms with Crippen molar-refractivity contribution in [1.29, 1.82) is 0 Å². The molecule has 0 aromatic heterocycles. The molecule has 1 saturated carbocycles. The molecule has 0 atom stereocenters. The summed E-state index contributed by atoms with van der Waals surface area (Å²) in [5.74, 6) is 0.0703. The zero-order valence-corrected chi connectivity index (χ0v) is 12.4. The molecule has 0 radical (unpaired) electrons. The van der Waals surface area contributed by atoms with E-state index in [1.807, 2.05) is 7.05 Å². The first-order chi connectivity index (χ1) is 10.1. The van der Waals surface area contributed by atoms with Gasteiger partial charge in [-0.2, -0.15) is 0 Å². The molecule has 0 unspecified atom stereocenters. The van der Waals surface area contributed by atoms with E-state index in [2.05, 4.69) is 0 Å². The van der Waals surface area contributed by atoms with Crippen LogP contribution in [0.15, 0.2) is 24.3 Å². The second-order valence-corrected chi connectivity index (χ2v) is 5.47. The summed E-state index contributed by atoms with van der Waals surface area (Å²) in [5.41, 5.74) is 5.59. The summed E-state index contributed by atoms with van der Waals surface area (Å²) in [5, 5.41) is 0. The minimum atomic E-state index is -0.477. The highest BCUT2D eigenvalue weighted by molar-refractivity contribution is 5.92. The summed E-state index contributed by atoms with van der Waals surface area (Å²) in [4.78, 5) is 24.9. The van der Waals surface area contributed by atoms with Gasteiger partial charge in [-0.3, -0.25) is 9.59 Å². The molecule has 1 aliphatic rings. The summed E-state index contributed by atoms with van der Waals surface area (Å²) in [6, 6.07) is 6.81. The molecule has 0 spiro atoms. The van der Waals surface area contributed by atoms with Crippen molar-refractivity contribution >= 4 is 11.8 Å². The van der Waals surface area contributed by atoms with E-state index < -0.39 is 5.91 Å². The van der Waals surface area contributed by atoms with Crippen molar-refractivity contribution in [3.63, 3.8) is 0 Å². The fourth-order valence-corrected chi connectivity index (χ4v) is 2.63. The van der Waals surface area contributed by atoms with Gasteiger partial charge in [-0.15, -0.1) is 0 Å². The number of carbonyl (C=O) groups is 2. The van der Waals surface area contributed by atoms with Gasteiger partial charge in [0.25, 0.3) is 5.91 Å². The highest BCUT2D eigenvalue weighted by atomic mass is 16.5. The van der Waals surface area contributed by atoms with Gasteiger partial charge in [-0.05, 0) is 37.1 Å². The average Bonchev–Trinajstić information content (AvgIpc) is 2.53. The number of carbonyl (C=O) groups excluding carboxylic acids is 2. The minimum Gasteiger partial charge on any atom is -0.484 e. The van der Waals surface area contributed by atoms with Gasteiger partial charge in [-0.1, -0.05) is 19.3 Å². The van der Waals surface area contributed by atoms with Crippen LogP contribution < -0.4 is 10.5 Å². The second-order valence-electron chi connectivity index (χ2n) is 5.47. The average molecular weight is 290 g/mol. The third-order valence-electron chi connectivity index (χ3n) is 4.02. The normalized spacial score (nSPS) is 15.5. The lowest BCUT2D eigenvalue weighted by atomic mass is 9.94. The van der Waals surface area contributed by atoms with E-state index in [4.69, 9.17) is 10.5 Å². The van der Waals surface area contributed by atoms with E-state index >= 15 is 0 Å². The van der Waals surface area contributed by atoms with Crippen LogP contribution in [0.25, 0.3) is 0 Å². The molecule has 1 aromatic carbocycles. The Kier molecular flexibility index (Phi) is 5.20. The fraction of sp³-hybridized carbons (Fsp3) is 0.500. The van der Waals surface area contributed by atoms with Crippen molar-refractivity contribution in [1.82, 2.24) is 4.90 Å². The molecule has 5 heteroatoms. The molecular weight excluding hydrogens is 268 g/mol. The number of benzene rings is 1. The van der Waals surface area contributed by atoms with Crippen molar-refractivity contribution in [3.05, 3.63) is 29.8 Å². The van der Waals surface area contributed by atoms with E-state index in [-0.39, 0.29) is 12.5 Å². The second kappa shape index (κ2) is 7.11. The molecule has 114 valence electrons. The van der Waals surface area contributed by atoms with E-state index in [9.17, 15) is 9.59 Å². The van der Waals surface area contributed by atoms with Gasteiger partial charge in [0.05, 0.1) is 0 Å². The number of nitrogens with two attached hydrogens (primary N) is 1. The summed E-state index contributed by atoms with van der Waals surface area (Å²) < 4.78 is 5.47. The van der Waals surface area contributed by atoms with Crippen molar-refractivity contribution < 1.29 is 14.3 Å². The lowest BCUT2D eigenvalue weighted by molar-refractivity contribution is -0.134. The lowest BCUT2D eigenvalue weighted by Gasteiger charge is -2.31. The van der Waals surface area contributed by atoms with Gasteiger partial charge in [0.15, 0.2) is 6.61 Å². The van der Waals surface area contributed by atoms with Crippen LogP contribution in [0.5, 0.6) is 5.75 Å². The Hall–Kier alpha value is -2.04. The largest absolute Gasteiger partial charge is 0.484 e. The van der Waals surface area contributed by atoms with Gasteiger partial charge in [0.2, 0.25) is 5.91 Å². The number of hydrogen-bond donors (Lipinski definition) is 1. The molecule has 2 amide bonds. The van der Waals surface area contributed by atoms with Gasteiger partial charge < -0.3 is 15.4 Å². The Labute approximate surface area is 125 Å². The lowest BCUT2D eigenvalue weighted by Crippen LogP contribution is -2.40. The molecule has 1 fully saturated rings. The standard InChI is InChI=1S/C16H22N2O3/c1-18(13-5-3-2-4-6-13)15(19)11-21-14-9-7-12(8-10-14)16(17)20/h7-10,13H,2-6,11H2,1H3,(H2,17,20). The van der Waals surface area contributed by atoms with Crippen LogP contribution in [0.2, 0.25) is 0 Å². The smallest absolute Gasteiger partial charge is 0.260 e. The SMILES string of the molecule is CN(C(=O)COc1ccc(C(N)=O)cc1)C1CCCCC1. The molecule has 2 N–H and O–H groups in total. The number of likely N-dealkylation sites (N-methyl/N-ethyl adjacent to an activating group) is 1. The maximum Gasteiger partial charge on any atom is 0.260 e. The van der Waals surface area contributed by atoms with Crippen molar-refractivity contribution in [2.45, 2.75) is 38.1 Å². The number of hydrogen-bond acceptors (Lipinski definition) is 3. The van der Waals surface area contributed by atoms with Crippen molar-refractivity contribution in [2.75, 3.05) is 13.7 Å². The molecule has 1 aliphatic carbocycles. The highest BCUT2D eigenvalue weighted by Gasteiger charge is 2.22. The maximum absolute atomic E-state index is 12.1. The molecule has 5 nitrogen and oxygen atoms in total. The first-order valence-corrected chi connectivity index (χ1v) is 7.36. The van der Waals surface area contributed by atoms with Gasteiger partial charge in [-0.25, -0.2) is 0 Å². The maximum atomic E-state index is 12.1. The molecule has 0 saturated heterocycles. The van der Waals surface area contributed by atoms with Crippen molar-refractivity contribution in [3.8, 4) is 5.75 Å². The van der Waals surface area contributed by atoms with Crippen LogP contribution in [0.4, 0.5) is 0 Å². The third-order valence-corrected chi connectivity index (χ3v) is 4.02. The summed E-state index contributed by atoms with van der Waals surface area (Å²) in [6.07, 6.45) is 5.81. The fourth-order valence-electron chi connectivity index (χ4n) is 2.63. The molecule has 0 aliphatic heterocycles. The Balaban J connectivity index is 1.83. The van der Waals surface area contributed by atoms with Crippen LogP contribution in [0, 0.1) is 0 Å². The number of ether oxygens (including phenoxy) is 1. The first-order valence-electron chi connectivity index (χ1n) is 7.36. The van der Waals surface area contributed by atoms with Crippen LogP contribution in [0.1, 0.15) is 42.5 Å². The Morgan fingerprint density at radius 3 is 2.38 bits per heavy atom.